The van der Waals surface area contributed by atoms with Crippen molar-refractivity contribution in [2.24, 2.45) is 0 Å². The first-order valence-corrected chi connectivity index (χ1v) is 12.9. The highest BCUT2D eigenvalue weighted by molar-refractivity contribution is 5.99. The van der Waals surface area contributed by atoms with Crippen LogP contribution in [0.1, 0.15) is 79.5 Å². The van der Waals surface area contributed by atoms with Crippen LogP contribution in [0.3, 0.4) is 0 Å². The standard InChI is InChI=1S/C26H38N4O2.CH4/c31-25(29-16-8-23(9-17-29)27-12-1-2-13-27)21-6-5-7-22(20-21)26(32)30-18-10-24(11-19-30)28-14-3-4-15-28;/h5-7,20,23-24H,1-4,8-19H2;1H4. The molecule has 0 bridgehead atoms. The van der Waals surface area contributed by atoms with E-state index in [0.29, 0.717) is 23.2 Å². The zero-order valence-electron chi connectivity index (χ0n) is 19.4. The van der Waals surface area contributed by atoms with Gasteiger partial charge in [-0.15, -0.1) is 0 Å². The summed E-state index contributed by atoms with van der Waals surface area (Å²) < 4.78 is 0. The minimum atomic E-state index is 0. The number of amides is 2. The summed E-state index contributed by atoms with van der Waals surface area (Å²) in [5.41, 5.74) is 1.31. The first-order chi connectivity index (χ1) is 15.7. The van der Waals surface area contributed by atoms with Crippen LogP contribution in [0.2, 0.25) is 0 Å². The number of carbonyl (C=O) groups is 2. The first kappa shape index (κ1) is 24.2. The Morgan fingerprint density at radius 1 is 0.606 bits per heavy atom. The second-order valence-corrected chi connectivity index (χ2v) is 10.1. The summed E-state index contributed by atoms with van der Waals surface area (Å²) in [7, 11) is 0. The van der Waals surface area contributed by atoms with Crippen LogP contribution in [-0.4, -0.2) is 95.9 Å². The zero-order valence-corrected chi connectivity index (χ0v) is 19.4. The van der Waals surface area contributed by atoms with Gasteiger partial charge >= 0.3 is 0 Å². The van der Waals surface area contributed by atoms with Crippen LogP contribution in [0.25, 0.3) is 0 Å². The van der Waals surface area contributed by atoms with Crippen molar-refractivity contribution in [3.8, 4) is 0 Å². The number of rotatable bonds is 4. The Balaban J connectivity index is 0.00000259. The Kier molecular flexibility index (Phi) is 8.07. The molecule has 1 aromatic carbocycles. The van der Waals surface area contributed by atoms with Crippen LogP contribution in [0.5, 0.6) is 0 Å². The molecule has 6 nitrogen and oxygen atoms in total. The van der Waals surface area contributed by atoms with Crippen molar-refractivity contribution in [2.45, 2.75) is 70.9 Å². The molecule has 0 saturated carbocycles. The van der Waals surface area contributed by atoms with E-state index in [1.54, 1.807) is 0 Å². The highest BCUT2D eigenvalue weighted by Gasteiger charge is 2.30. The number of piperidine rings is 2. The molecule has 0 radical (unpaired) electrons. The SMILES string of the molecule is C.O=C(c1cccc(C(=O)N2CCC(N3CCCC3)CC2)c1)N1CCC(N2CCCC2)CC1. The van der Waals surface area contributed by atoms with Gasteiger partial charge in [0.2, 0.25) is 0 Å². The Bertz CT molecular complexity index is 737. The average molecular weight is 455 g/mol. The minimum Gasteiger partial charge on any atom is -0.339 e. The molecule has 4 aliphatic rings. The molecule has 4 fully saturated rings. The topological polar surface area (TPSA) is 47.1 Å². The molecule has 0 spiro atoms. The quantitative estimate of drug-likeness (QED) is 0.696. The maximum atomic E-state index is 13.2. The molecule has 33 heavy (non-hydrogen) atoms. The lowest BCUT2D eigenvalue weighted by Crippen LogP contribution is -2.46. The molecule has 0 atom stereocenters. The number of likely N-dealkylation sites (tertiary alicyclic amines) is 4. The number of nitrogens with zero attached hydrogens (tertiary/aromatic N) is 4. The van der Waals surface area contributed by atoms with Crippen molar-refractivity contribution in [3.63, 3.8) is 0 Å². The lowest BCUT2D eigenvalue weighted by Gasteiger charge is -2.37. The van der Waals surface area contributed by atoms with Gasteiger partial charge in [0.15, 0.2) is 0 Å². The van der Waals surface area contributed by atoms with Gasteiger partial charge in [-0.05, 0) is 95.7 Å². The summed E-state index contributed by atoms with van der Waals surface area (Å²) in [5.74, 6) is 0.152. The third-order valence-electron chi connectivity index (χ3n) is 8.17. The Morgan fingerprint density at radius 2 is 0.970 bits per heavy atom. The molecule has 5 rings (SSSR count). The molecular weight excluding hydrogens is 412 g/mol. The summed E-state index contributed by atoms with van der Waals surface area (Å²) in [6.45, 7) is 8.17. The summed E-state index contributed by atoms with van der Waals surface area (Å²) in [4.78, 5) is 35.5. The van der Waals surface area contributed by atoms with Crippen LogP contribution >= 0.6 is 0 Å². The number of hydrogen-bond donors (Lipinski definition) is 0. The molecule has 4 saturated heterocycles. The van der Waals surface area contributed by atoms with Crippen LogP contribution in [0.15, 0.2) is 24.3 Å². The summed E-state index contributed by atoms with van der Waals surface area (Å²) in [6.07, 6.45) is 9.52. The lowest BCUT2D eigenvalue weighted by molar-refractivity contribution is 0.0643. The zero-order chi connectivity index (χ0) is 21.9. The van der Waals surface area contributed by atoms with Gasteiger partial charge in [0, 0.05) is 49.4 Å². The highest BCUT2D eigenvalue weighted by Crippen LogP contribution is 2.24. The van der Waals surface area contributed by atoms with Gasteiger partial charge in [0.25, 0.3) is 11.8 Å². The smallest absolute Gasteiger partial charge is 0.253 e. The molecule has 4 heterocycles. The van der Waals surface area contributed by atoms with Crippen molar-refractivity contribution in [3.05, 3.63) is 35.4 Å². The van der Waals surface area contributed by atoms with Gasteiger partial charge in [0.1, 0.15) is 0 Å². The number of hydrogen-bond acceptors (Lipinski definition) is 4. The van der Waals surface area contributed by atoms with Crippen molar-refractivity contribution in [1.29, 1.82) is 0 Å². The van der Waals surface area contributed by atoms with Gasteiger partial charge < -0.3 is 19.6 Å². The first-order valence-electron chi connectivity index (χ1n) is 12.9. The van der Waals surface area contributed by atoms with Crippen molar-refractivity contribution >= 4 is 11.8 Å². The van der Waals surface area contributed by atoms with E-state index in [1.807, 2.05) is 34.1 Å². The van der Waals surface area contributed by atoms with E-state index in [9.17, 15) is 9.59 Å². The molecule has 1 aromatic rings. The molecule has 0 unspecified atom stereocenters. The second kappa shape index (κ2) is 11.0. The van der Waals surface area contributed by atoms with Gasteiger partial charge in [0.05, 0.1) is 0 Å². The Morgan fingerprint density at radius 3 is 1.33 bits per heavy atom. The van der Waals surface area contributed by atoms with E-state index in [2.05, 4.69) is 9.80 Å². The maximum absolute atomic E-state index is 13.2. The molecule has 0 aliphatic carbocycles. The van der Waals surface area contributed by atoms with E-state index in [0.717, 1.165) is 51.9 Å². The van der Waals surface area contributed by atoms with E-state index in [1.165, 1.54) is 51.9 Å². The normalized spacial score (nSPS) is 23.6. The molecule has 6 heteroatoms. The molecule has 0 aromatic heterocycles. The predicted octanol–water partition coefficient (Wildman–Crippen LogP) is 3.72. The fourth-order valence-corrected chi connectivity index (χ4v) is 6.23. The van der Waals surface area contributed by atoms with Crippen LogP contribution in [0, 0.1) is 0 Å². The van der Waals surface area contributed by atoms with Gasteiger partial charge in [-0.2, -0.15) is 0 Å². The second-order valence-electron chi connectivity index (χ2n) is 10.1. The Labute approximate surface area is 199 Å². The lowest BCUT2D eigenvalue weighted by atomic mass is 10.0. The van der Waals surface area contributed by atoms with E-state index in [-0.39, 0.29) is 19.2 Å². The van der Waals surface area contributed by atoms with Crippen LogP contribution in [0.4, 0.5) is 0 Å². The summed E-state index contributed by atoms with van der Waals surface area (Å²) >= 11 is 0. The molecule has 2 amide bonds. The van der Waals surface area contributed by atoms with Gasteiger partial charge in [-0.1, -0.05) is 13.5 Å². The summed E-state index contributed by atoms with van der Waals surface area (Å²) in [6, 6.07) is 8.70. The molecule has 0 N–H and O–H groups in total. The van der Waals surface area contributed by atoms with E-state index in [4.69, 9.17) is 0 Å². The van der Waals surface area contributed by atoms with Gasteiger partial charge in [-0.3, -0.25) is 9.59 Å². The highest BCUT2D eigenvalue weighted by atomic mass is 16.2. The fourth-order valence-electron chi connectivity index (χ4n) is 6.23. The van der Waals surface area contributed by atoms with Crippen molar-refractivity contribution in [2.75, 3.05) is 52.4 Å². The largest absolute Gasteiger partial charge is 0.339 e. The molecular formula is C27H42N4O2. The number of benzene rings is 1. The number of carbonyl (C=O) groups excluding carboxylic acids is 2. The average Bonchev–Trinajstić information content (AvgIpc) is 3.58. The Hall–Kier alpha value is -1.92. The summed E-state index contributed by atoms with van der Waals surface area (Å²) in [5, 5.41) is 0. The third kappa shape index (κ3) is 5.43. The monoisotopic (exact) mass is 454 g/mol. The van der Waals surface area contributed by atoms with Crippen LogP contribution in [-0.2, 0) is 0 Å². The fraction of sp³-hybridized carbons (Fsp3) is 0.704. The molecule has 182 valence electrons. The predicted molar refractivity (Wildman–Crippen MR) is 133 cm³/mol. The maximum Gasteiger partial charge on any atom is 0.253 e. The van der Waals surface area contributed by atoms with E-state index < -0.39 is 0 Å². The van der Waals surface area contributed by atoms with Crippen molar-refractivity contribution in [1.82, 2.24) is 19.6 Å². The third-order valence-corrected chi connectivity index (χ3v) is 8.17. The van der Waals surface area contributed by atoms with Gasteiger partial charge in [-0.25, -0.2) is 0 Å². The van der Waals surface area contributed by atoms with E-state index >= 15 is 0 Å². The van der Waals surface area contributed by atoms with Crippen LogP contribution < -0.4 is 0 Å². The minimum absolute atomic E-state index is 0. The van der Waals surface area contributed by atoms with Crippen molar-refractivity contribution < 1.29 is 9.59 Å². The molecule has 4 aliphatic heterocycles.